The van der Waals surface area contributed by atoms with E-state index in [1.807, 2.05) is 51.2 Å². The monoisotopic (exact) mass is 356 g/mol. The number of aromatic amines is 1. The Morgan fingerprint density at radius 3 is 2.69 bits per heavy atom. The summed E-state index contributed by atoms with van der Waals surface area (Å²) in [4.78, 5) is 41.0. The number of nitrogens with zero attached hydrogens (tertiary/aromatic N) is 1. The molecule has 0 unspecified atom stereocenters. The van der Waals surface area contributed by atoms with Gasteiger partial charge in [0.1, 0.15) is 12.6 Å². The Morgan fingerprint density at radius 2 is 1.96 bits per heavy atom. The van der Waals surface area contributed by atoms with E-state index in [0.29, 0.717) is 6.42 Å². The van der Waals surface area contributed by atoms with E-state index in [9.17, 15) is 14.4 Å². The second-order valence-electron chi connectivity index (χ2n) is 7.09. The minimum atomic E-state index is -0.656. The zero-order valence-electron chi connectivity index (χ0n) is 15.2. The molecule has 3 rings (SSSR count). The number of hydrogen-bond acceptors (Lipinski definition) is 3. The third-order valence-electron chi connectivity index (χ3n) is 4.90. The lowest BCUT2D eigenvalue weighted by atomic mass is 10.1. The highest BCUT2D eigenvalue weighted by Gasteiger charge is 2.39. The zero-order valence-corrected chi connectivity index (χ0v) is 15.2. The average molecular weight is 356 g/mol. The number of amides is 4. The van der Waals surface area contributed by atoms with Crippen LogP contribution in [0.4, 0.5) is 4.79 Å². The van der Waals surface area contributed by atoms with Gasteiger partial charge in [-0.15, -0.1) is 0 Å². The van der Waals surface area contributed by atoms with Gasteiger partial charge in [-0.2, -0.15) is 0 Å². The van der Waals surface area contributed by atoms with Crippen LogP contribution in [0, 0.1) is 5.92 Å². The van der Waals surface area contributed by atoms with Crippen molar-refractivity contribution >= 4 is 28.7 Å². The molecule has 0 bridgehead atoms. The first-order chi connectivity index (χ1) is 12.4. The maximum Gasteiger partial charge on any atom is 0.325 e. The summed E-state index contributed by atoms with van der Waals surface area (Å²) in [6.07, 6.45) is 2.24. The Kier molecular flexibility index (Phi) is 4.97. The fraction of sp³-hybridized carbons (Fsp3) is 0.421. The minimum Gasteiger partial charge on any atom is -0.361 e. The minimum absolute atomic E-state index is 0.0229. The van der Waals surface area contributed by atoms with Crippen molar-refractivity contribution in [2.45, 2.75) is 39.3 Å². The highest BCUT2D eigenvalue weighted by atomic mass is 16.2. The van der Waals surface area contributed by atoms with Crippen molar-refractivity contribution in [3.05, 3.63) is 36.0 Å². The van der Waals surface area contributed by atoms with Gasteiger partial charge in [0.25, 0.3) is 5.91 Å². The SMILES string of the molecule is CC(C)[C@@H](C)NC(=O)CN1C(=O)N[C@H](Cc2c[nH]c3ccccc23)C1=O. The van der Waals surface area contributed by atoms with Gasteiger partial charge in [0.05, 0.1) is 0 Å². The summed E-state index contributed by atoms with van der Waals surface area (Å²) in [5, 5.41) is 6.52. The summed E-state index contributed by atoms with van der Waals surface area (Å²) < 4.78 is 0. The van der Waals surface area contributed by atoms with Gasteiger partial charge >= 0.3 is 6.03 Å². The van der Waals surface area contributed by atoms with E-state index >= 15 is 0 Å². The molecular formula is C19H24N4O3. The van der Waals surface area contributed by atoms with Crippen LogP contribution in [0.2, 0.25) is 0 Å². The van der Waals surface area contributed by atoms with Gasteiger partial charge in [-0.3, -0.25) is 14.5 Å². The van der Waals surface area contributed by atoms with E-state index in [1.165, 1.54) is 0 Å². The molecule has 1 aliphatic rings. The first-order valence-electron chi connectivity index (χ1n) is 8.83. The summed E-state index contributed by atoms with van der Waals surface area (Å²) in [6.45, 7) is 5.63. The van der Waals surface area contributed by atoms with Crippen molar-refractivity contribution in [3.8, 4) is 0 Å². The molecule has 7 nitrogen and oxygen atoms in total. The molecule has 1 aliphatic heterocycles. The molecule has 7 heteroatoms. The van der Waals surface area contributed by atoms with Crippen LogP contribution in [0.15, 0.2) is 30.5 Å². The van der Waals surface area contributed by atoms with E-state index in [1.54, 1.807) is 0 Å². The molecule has 1 saturated heterocycles. The molecule has 0 saturated carbocycles. The van der Waals surface area contributed by atoms with Crippen LogP contribution in [0.25, 0.3) is 10.9 Å². The summed E-state index contributed by atoms with van der Waals surface area (Å²) in [6, 6.07) is 6.60. The van der Waals surface area contributed by atoms with Crippen LogP contribution in [0.1, 0.15) is 26.3 Å². The Hall–Kier alpha value is -2.83. The first kappa shape index (κ1) is 18.0. The van der Waals surface area contributed by atoms with E-state index in [2.05, 4.69) is 15.6 Å². The molecule has 2 atom stereocenters. The van der Waals surface area contributed by atoms with E-state index in [4.69, 9.17) is 0 Å². The van der Waals surface area contributed by atoms with Crippen LogP contribution >= 0.6 is 0 Å². The van der Waals surface area contributed by atoms with Crippen molar-refractivity contribution < 1.29 is 14.4 Å². The largest absolute Gasteiger partial charge is 0.361 e. The van der Waals surface area contributed by atoms with Gasteiger partial charge in [-0.1, -0.05) is 32.0 Å². The number of hydrogen-bond donors (Lipinski definition) is 3. The Balaban J connectivity index is 1.66. The van der Waals surface area contributed by atoms with E-state index in [0.717, 1.165) is 21.4 Å². The van der Waals surface area contributed by atoms with Crippen molar-refractivity contribution in [3.63, 3.8) is 0 Å². The van der Waals surface area contributed by atoms with Crippen molar-refractivity contribution in [2.75, 3.05) is 6.54 Å². The molecule has 0 aliphatic carbocycles. The van der Waals surface area contributed by atoms with Gasteiger partial charge in [0.15, 0.2) is 0 Å². The average Bonchev–Trinajstić information content (AvgIpc) is 3.11. The van der Waals surface area contributed by atoms with Gasteiger partial charge in [-0.25, -0.2) is 4.79 Å². The van der Waals surface area contributed by atoms with E-state index in [-0.39, 0.29) is 30.3 Å². The molecular weight excluding hydrogens is 332 g/mol. The summed E-state index contributed by atoms with van der Waals surface area (Å²) in [7, 11) is 0. The Labute approximate surface area is 152 Å². The number of para-hydroxylation sites is 1. The van der Waals surface area contributed by atoms with Crippen LogP contribution in [-0.2, 0) is 16.0 Å². The first-order valence-corrected chi connectivity index (χ1v) is 8.83. The lowest BCUT2D eigenvalue weighted by molar-refractivity contribution is -0.132. The maximum absolute atomic E-state index is 12.6. The number of carbonyl (C=O) groups is 3. The topological polar surface area (TPSA) is 94.3 Å². The van der Waals surface area contributed by atoms with Crippen LogP contribution in [0.3, 0.4) is 0 Å². The number of nitrogens with one attached hydrogen (secondary N) is 3. The van der Waals surface area contributed by atoms with Gasteiger partial charge < -0.3 is 15.6 Å². The van der Waals surface area contributed by atoms with Gasteiger partial charge in [0.2, 0.25) is 5.91 Å². The molecule has 138 valence electrons. The predicted octanol–water partition coefficient (Wildman–Crippen LogP) is 1.79. The maximum atomic E-state index is 12.6. The lowest BCUT2D eigenvalue weighted by Crippen LogP contribution is -2.45. The molecule has 2 heterocycles. The molecule has 26 heavy (non-hydrogen) atoms. The van der Waals surface area contributed by atoms with Crippen LogP contribution in [-0.4, -0.2) is 46.4 Å². The molecule has 0 spiro atoms. The number of benzene rings is 1. The second kappa shape index (κ2) is 7.19. The third kappa shape index (κ3) is 3.56. The quantitative estimate of drug-likeness (QED) is 0.689. The predicted molar refractivity (Wildman–Crippen MR) is 98.5 cm³/mol. The number of carbonyl (C=O) groups excluding carboxylic acids is 3. The lowest BCUT2D eigenvalue weighted by Gasteiger charge is -2.19. The molecule has 1 fully saturated rings. The number of fused-ring (bicyclic) bond motifs is 1. The molecule has 1 aromatic heterocycles. The van der Waals surface area contributed by atoms with Crippen LogP contribution in [0.5, 0.6) is 0 Å². The summed E-state index contributed by atoms with van der Waals surface area (Å²) in [5.41, 5.74) is 1.94. The van der Waals surface area contributed by atoms with Crippen molar-refractivity contribution in [2.24, 2.45) is 5.92 Å². The number of urea groups is 1. The second-order valence-corrected chi connectivity index (χ2v) is 7.09. The molecule has 1 aromatic carbocycles. The normalized spacial score (nSPS) is 18.5. The Morgan fingerprint density at radius 1 is 1.23 bits per heavy atom. The third-order valence-corrected chi connectivity index (χ3v) is 4.90. The molecule has 4 amide bonds. The standard InChI is InChI=1S/C19H24N4O3/c1-11(2)12(3)21-17(24)10-23-18(25)16(22-19(23)26)8-13-9-20-15-7-5-4-6-14(13)15/h4-7,9,11-12,16,20H,8,10H2,1-3H3,(H,21,24)(H,22,26)/t12-,16-/m1/s1. The van der Waals surface area contributed by atoms with Crippen LogP contribution < -0.4 is 10.6 Å². The fourth-order valence-corrected chi connectivity index (χ4v) is 3.00. The van der Waals surface area contributed by atoms with E-state index < -0.39 is 12.1 Å². The molecule has 2 aromatic rings. The highest BCUT2D eigenvalue weighted by molar-refractivity contribution is 6.06. The number of imide groups is 1. The number of rotatable bonds is 6. The van der Waals surface area contributed by atoms with Gasteiger partial charge in [0, 0.05) is 29.6 Å². The zero-order chi connectivity index (χ0) is 18.8. The van der Waals surface area contributed by atoms with Gasteiger partial charge in [-0.05, 0) is 24.5 Å². The summed E-state index contributed by atoms with van der Waals surface area (Å²) >= 11 is 0. The number of H-pyrrole nitrogens is 1. The number of aromatic nitrogens is 1. The smallest absolute Gasteiger partial charge is 0.325 e. The summed E-state index contributed by atoms with van der Waals surface area (Å²) in [5.74, 6) is -0.424. The Bertz CT molecular complexity index is 842. The van der Waals surface area contributed by atoms with Crippen molar-refractivity contribution in [1.82, 2.24) is 20.5 Å². The highest BCUT2D eigenvalue weighted by Crippen LogP contribution is 2.21. The molecule has 0 radical (unpaired) electrons. The van der Waals surface area contributed by atoms with Crippen molar-refractivity contribution in [1.29, 1.82) is 0 Å². The fourth-order valence-electron chi connectivity index (χ4n) is 3.00. The molecule has 3 N–H and O–H groups in total.